The van der Waals surface area contributed by atoms with Crippen LogP contribution in [0.5, 0.6) is 0 Å². The summed E-state index contributed by atoms with van der Waals surface area (Å²) in [5.74, 6) is 0. The maximum absolute atomic E-state index is 15.0. The van der Waals surface area contributed by atoms with Crippen molar-refractivity contribution in [3.8, 4) is 0 Å². The van der Waals surface area contributed by atoms with Crippen molar-refractivity contribution >= 4 is 10.2 Å². The lowest BCUT2D eigenvalue weighted by Gasteiger charge is -2.36. The summed E-state index contributed by atoms with van der Waals surface area (Å²) in [6.07, 6.45) is 0.797. The van der Waals surface area contributed by atoms with Crippen molar-refractivity contribution in [2.75, 3.05) is 13.1 Å². The van der Waals surface area contributed by atoms with Gasteiger partial charge in [-0.2, -0.15) is 12.7 Å². The van der Waals surface area contributed by atoms with Crippen molar-refractivity contribution in [3.63, 3.8) is 0 Å². The molecule has 1 aromatic rings. The van der Waals surface area contributed by atoms with Gasteiger partial charge in [0.15, 0.2) is 0 Å². The third-order valence-electron chi connectivity index (χ3n) is 3.40. The molecule has 1 saturated heterocycles. The van der Waals surface area contributed by atoms with Gasteiger partial charge < -0.3 is 0 Å². The van der Waals surface area contributed by atoms with Gasteiger partial charge >= 0.3 is 0 Å². The van der Waals surface area contributed by atoms with Gasteiger partial charge in [-0.1, -0.05) is 24.3 Å². The van der Waals surface area contributed by atoms with Crippen molar-refractivity contribution in [2.45, 2.75) is 25.4 Å². The minimum absolute atomic E-state index is 0.198. The molecule has 0 amide bonds. The van der Waals surface area contributed by atoms with Crippen LogP contribution < -0.4 is 5.14 Å². The van der Waals surface area contributed by atoms with Crippen LogP contribution in [0.3, 0.4) is 0 Å². The van der Waals surface area contributed by atoms with E-state index in [1.54, 1.807) is 12.1 Å². The normalized spacial score (nSPS) is 26.2. The Bertz CT molecular complexity index is 547. The third kappa shape index (κ3) is 2.55. The molecule has 1 heterocycles. The predicted molar refractivity (Wildman–Crippen MR) is 67.9 cm³/mol. The van der Waals surface area contributed by atoms with Crippen molar-refractivity contribution in [2.24, 2.45) is 5.14 Å². The van der Waals surface area contributed by atoms with Crippen molar-refractivity contribution in [3.05, 3.63) is 35.4 Å². The van der Waals surface area contributed by atoms with E-state index in [4.69, 9.17) is 5.14 Å². The molecule has 2 N–H and O–H groups in total. The Balaban J connectivity index is 2.35. The van der Waals surface area contributed by atoms with E-state index in [0.29, 0.717) is 18.4 Å². The number of hydrogen-bond donors (Lipinski definition) is 1. The molecule has 1 unspecified atom stereocenters. The first-order valence-electron chi connectivity index (χ1n) is 5.86. The summed E-state index contributed by atoms with van der Waals surface area (Å²) in [7, 11) is -3.82. The second kappa shape index (κ2) is 4.60. The van der Waals surface area contributed by atoms with Gasteiger partial charge in [0.05, 0.1) is 6.54 Å². The highest BCUT2D eigenvalue weighted by Crippen LogP contribution is 2.37. The molecular formula is C12H17FN2O2S. The Labute approximate surface area is 107 Å². The smallest absolute Gasteiger partial charge is 0.237 e. The van der Waals surface area contributed by atoms with Crippen molar-refractivity contribution < 1.29 is 12.8 Å². The first-order chi connectivity index (χ1) is 8.33. The maximum atomic E-state index is 15.0. The summed E-state index contributed by atoms with van der Waals surface area (Å²) < 4.78 is 38.7. The summed E-state index contributed by atoms with van der Waals surface area (Å²) in [4.78, 5) is 0. The van der Waals surface area contributed by atoms with E-state index in [2.05, 4.69) is 0 Å². The van der Waals surface area contributed by atoms with Crippen LogP contribution in [0.2, 0.25) is 0 Å². The predicted octanol–water partition coefficient (Wildman–Crippen LogP) is 1.46. The Kier molecular flexibility index (Phi) is 3.44. The lowest BCUT2D eigenvalue weighted by Crippen LogP contribution is -2.48. The summed E-state index contributed by atoms with van der Waals surface area (Å²) in [5, 5.41) is 5.08. The third-order valence-corrected chi connectivity index (χ3v) is 4.43. The maximum Gasteiger partial charge on any atom is 0.277 e. The van der Waals surface area contributed by atoms with Gasteiger partial charge in [0.25, 0.3) is 10.2 Å². The average Bonchev–Trinajstić information content (AvgIpc) is 2.28. The lowest BCUT2D eigenvalue weighted by atomic mass is 9.86. The number of hydrogen-bond acceptors (Lipinski definition) is 2. The number of halogens is 1. The summed E-state index contributed by atoms with van der Waals surface area (Å²) in [5.41, 5.74) is -0.259. The van der Waals surface area contributed by atoms with Gasteiger partial charge in [-0.05, 0) is 30.9 Å². The highest BCUT2D eigenvalue weighted by atomic mass is 32.2. The molecule has 0 aliphatic carbocycles. The van der Waals surface area contributed by atoms with Crippen LogP contribution in [0.15, 0.2) is 24.3 Å². The number of benzene rings is 1. The Hall–Kier alpha value is -0.980. The highest BCUT2D eigenvalue weighted by Gasteiger charge is 2.40. The Morgan fingerprint density at radius 1 is 1.39 bits per heavy atom. The molecule has 6 heteroatoms. The van der Waals surface area contributed by atoms with E-state index >= 15 is 0 Å². The number of alkyl halides is 1. The minimum Gasteiger partial charge on any atom is -0.237 e. The van der Waals surface area contributed by atoms with Gasteiger partial charge in [-0.15, -0.1) is 0 Å². The zero-order valence-electron chi connectivity index (χ0n) is 10.3. The summed E-state index contributed by atoms with van der Waals surface area (Å²) >= 11 is 0. The fourth-order valence-corrected chi connectivity index (χ4v) is 3.25. The molecule has 0 bridgehead atoms. The van der Waals surface area contributed by atoms with Gasteiger partial charge in [0, 0.05) is 6.54 Å². The van der Waals surface area contributed by atoms with Gasteiger partial charge in [0.2, 0.25) is 0 Å². The van der Waals surface area contributed by atoms with Crippen molar-refractivity contribution in [1.82, 2.24) is 4.31 Å². The van der Waals surface area contributed by atoms with Crippen LogP contribution in [0.1, 0.15) is 24.0 Å². The van der Waals surface area contributed by atoms with E-state index in [-0.39, 0.29) is 13.1 Å². The van der Waals surface area contributed by atoms with E-state index in [9.17, 15) is 12.8 Å². The monoisotopic (exact) mass is 272 g/mol. The quantitative estimate of drug-likeness (QED) is 0.886. The van der Waals surface area contributed by atoms with Crippen LogP contribution in [-0.4, -0.2) is 25.8 Å². The molecule has 0 spiro atoms. The topological polar surface area (TPSA) is 63.4 Å². The van der Waals surface area contributed by atoms with Crippen LogP contribution in [-0.2, 0) is 15.9 Å². The zero-order valence-corrected chi connectivity index (χ0v) is 11.1. The minimum atomic E-state index is -3.82. The van der Waals surface area contributed by atoms with Gasteiger partial charge in [-0.3, -0.25) is 0 Å². The van der Waals surface area contributed by atoms with E-state index in [1.807, 2.05) is 19.1 Å². The number of nitrogens with zero attached hydrogens (tertiary/aromatic N) is 1. The van der Waals surface area contributed by atoms with Crippen molar-refractivity contribution in [1.29, 1.82) is 0 Å². The molecule has 18 heavy (non-hydrogen) atoms. The van der Waals surface area contributed by atoms with E-state index in [0.717, 1.165) is 9.87 Å². The van der Waals surface area contributed by atoms with Gasteiger partial charge in [0.1, 0.15) is 5.67 Å². The molecular weight excluding hydrogens is 255 g/mol. The summed E-state index contributed by atoms with van der Waals surface area (Å²) in [6, 6.07) is 7.14. The second-order valence-corrected chi connectivity index (χ2v) is 6.31. The van der Waals surface area contributed by atoms with Crippen LogP contribution in [0.25, 0.3) is 0 Å². The van der Waals surface area contributed by atoms with E-state index < -0.39 is 15.9 Å². The molecule has 0 aromatic heterocycles. The fourth-order valence-electron chi connectivity index (χ4n) is 2.49. The molecule has 0 radical (unpaired) electrons. The van der Waals surface area contributed by atoms with Crippen LogP contribution >= 0.6 is 0 Å². The fraction of sp³-hybridized carbons (Fsp3) is 0.500. The lowest BCUT2D eigenvalue weighted by molar-refractivity contribution is 0.0809. The summed E-state index contributed by atoms with van der Waals surface area (Å²) in [6.45, 7) is 1.92. The molecule has 100 valence electrons. The first kappa shape index (κ1) is 13.5. The number of rotatable bonds is 2. The number of aryl methyl sites for hydroxylation is 1. The molecule has 1 aliphatic heterocycles. The van der Waals surface area contributed by atoms with Crippen LogP contribution in [0, 0.1) is 6.92 Å². The van der Waals surface area contributed by atoms with Crippen LogP contribution in [0.4, 0.5) is 4.39 Å². The molecule has 4 nitrogen and oxygen atoms in total. The largest absolute Gasteiger partial charge is 0.277 e. The zero-order chi connectivity index (χ0) is 13.4. The Morgan fingerprint density at radius 2 is 2.06 bits per heavy atom. The van der Waals surface area contributed by atoms with E-state index in [1.165, 1.54) is 0 Å². The second-order valence-electron chi connectivity index (χ2n) is 4.76. The number of nitrogens with two attached hydrogens (primary N) is 1. The first-order valence-corrected chi connectivity index (χ1v) is 7.36. The molecule has 1 fully saturated rings. The molecule has 1 aromatic carbocycles. The van der Waals surface area contributed by atoms with Gasteiger partial charge in [-0.25, -0.2) is 9.53 Å². The standard InChI is InChI=1S/C12H17FN2O2S/c1-10-5-2-3-6-11(10)12(13)7-4-8-15(9-12)18(14,16)17/h2-3,5-6H,4,7-9H2,1H3,(H2,14,16,17). The number of piperidine rings is 1. The molecule has 0 saturated carbocycles. The highest BCUT2D eigenvalue weighted by molar-refractivity contribution is 7.86. The molecule has 2 rings (SSSR count). The molecule has 1 aliphatic rings. The molecule has 1 atom stereocenters. The SMILES string of the molecule is Cc1ccccc1C1(F)CCCN(S(N)(=O)=O)C1. The Morgan fingerprint density at radius 3 is 2.67 bits per heavy atom. The average molecular weight is 272 g/mol.